The number of hydrogen-bond acceptors (Lipinski definition) is 5. The van der Waals surface area contributed by atoms with Crippen LogP contribution in [0.1, 0.15) is 82.3 Å². The summed E-state index contributed by atoms with van der Waals surface area (Å²) in [6, 6.07) is 10.6. The van der Waals surface area contributed by atoms with Crippen molar-refractivity contribution in [1.29, 1.82) is 0 Å². The molecule has 0 saturated carbocycles. The third kappa shape index (κ3) is 7.75. The third-order valence-corrected chi connectivity index (χ3v) is 5.03. The zero-order chi connectivity index (χ0) is 25.1. The summed E-state index contributed by atoms with van der Waals surface area (Å²) in [7, 11) is 0. The molecule has 0 aromatic heterocycles. The number of ether oxygens (including phenoxy) is 3. The highest BCUT2D eigenvalue weighted by Gasteiger charge is 2.23. The lowest BCUT2D eigenvalue weighted by Crippen LogP contribution is -2.25. The van der Waals surface area contributed by atoms with E-state index in [0.717, 1.165) is 42.6 Å². The van der Waals surface area contributed by atoms with Crippen molar-refractivity contribution in [3.63, 3.8) is 0 Å². The lowest BCUT2D eigenvalue weighted by Gasteiger charge is -2.17. The minimum Gasteiger partial charge on any atom is -0.493 e. The van der Waals surface area contributed by atoms with E-state index in [1.165, 1.54) is 0 Å². The quantitative estimate of drug-likeness (QED) is 0.145. The van der Waals surface area contributed by atoms with E-state index >= 15 is 0 Å². The Labute approximate surface area is 204 Å². The highest BCUT2D eigenvalue weighted by Crippen LogP contribution is 2.35. The molecule has 0 aliphatic rings. The molecule has 184 valence electrons. The minimum absolute atomic E-state index is 0.155. The first-order valence-electron chi connectivity index (χ1n) is 12.2. The van der Waals surface area contributed by atoms with Gasteiger partial charge in [-0.05, 0) is 88.1 Å². The van der Waals surface area contributed by atoms with E-state index in [-0.39, 0.29) is 11.8 Å². The summed E-state index contributed by atoms with van der Waals surface area (Å²) in [4.78, 5) is 25.0. The average molecular weight is 467 g/mol. The van der Waals surface area contributed by atoms with E-state index in [0.29, 0.717) is 30.3 Å². The van der Waals surface area contributed by atoms with Crippen molar-refractivity contribution in [1.82, 2.24) is 0 Å². The molecule has 0 N–H and O–H groups in total. The summed E-state index contributed by atoms with van der Waals surface area (Å²) in [6.45, 7) is 12.8. The first-order chi connectivity index (χ1) is 16.2. The molecule has 2 aromatic carbocycles. The summed E-state index contributed by atoms with van der Waals surface area (Å²) >= 11 is 0. The van der Waals surface area contributed by atoms with Crippen molar-refractivity contribution in [3.8, 4) is 17.2 Å². The van der Waals surface area contributed by atoms with Crippen molar-refractivity contribution in [3.05, 3.63) is 59.2 Å². The zero-order valence-corrected chi connectivity index (χ0v) is 21.4. The van der Waals surface area contributed by atoms with Gasteiger partial charge in [0.15, 0.2) is 5.78 Å². The number of ketones is 1. The van der Waals surface area contributed by atoms with Gasteiger partial charge in [0.2, 0.25) is 0 Å². The van der Waals surface area contributed by atoms with E-state index < -0.39 is 5.41 Å². The zero-order valence-electron chi connectivity index (χ0n) is 21.4. The molecule has 5 heteroatoms. The normalized spacial score (nSPS) is 11.5. The molecule has 0 heterocycles. The van der Waals surface area contributed by atoms with Gasteiger partial charge >= 0.3 is 5.97 Å². The molecule has 2 rings (SSSR count). The van der Waals surface area contributed by atoms with Crippen molar-refractivity contribution in [2.24, 2.45) is 5.41 Å². The minimum atomic E-state index is -0.599. The smallest absolute Gasteiger partial charge is 0.316 e. The Kier molecular flexibility index (Phi) is 10.4. The van der Waals surface area contributed by atoms with Crippen LogP contribution in [0.5, 0.6) is 17.2 Å². The van der Waals surface area contributed by atoms with Gasteiger partial charge in [0.1, 0.15) is 17.2 Å². The van der Waals surface area contributed by atoms with Crippen LogP contribution < -0.4 is 14.2 Å². The molecule has 0 atom stereocenters. The Morgan fingerprint density at radius 2 is 1.50 bits per heavy atom. The molecule has 2 aromatic rings. The number of carbonyl (C=O) groups is 2. The Morgan fingerprint density at radius 1 is 0.853 bits per heavy atom. The summed E-state index contributed by atoms with van der Waals surface area (Å²) < 4.78 is 17.5. The molecule has 0 spiro atoms. The van der Waals surface area contributed by atoms with Crippen LogP contribution >= 0.6 is 0 Å². The fraction of sp³-hybridized carbons (Fsp3) is 0.448. The molecule has 0 bridgehead atoms. The van der Waals surface area contributed by atoms with Gasteiger partial charge in [-0.25, -0.2) is 0 Å². The number of hydrogen-bond donors (Lipinski definition) is 0. The molecule has 0 aliphatic heterocycles. The van der Waals surface area contributed by atoms with Gasteiger partial charge in [0.25, 0.3) is 0 Å². The predicted octanol–water partition coefficient (Wildman–Crippen LogP) is 7.06. The molecule has 0 fully saturated rings. The first-order valence-corrected chi connectivity index (χ1v) is 12.2. The van der Waals surface area contributed by atoms with E-state index in [4.69, 9.17) is 14.2 Å². The Morgan fingerprint density at radius 3 is 2.09 bits per heavy atom. The molecular weight excluding hydrogens is 428 g/mol. The summed E-state index contributed by atoms with van der Waals surface area (Å²) in [5, 5.41) is 0. The second-order valence-electron chi connectivity index (χ2n) is 9.27. The van der Waals surface area contributed by atoms with Crippen molar-refractivity contribution in [2.45, 2.75) is 67.2 Å². The summed E-state index contributed by atoms with van der Waals surface area (Å²) in [5.41, 5.74) is 1.80. The maximum absolute atomic E-state index is 12.9. The van der Waals surface area contributed by atoms with Gasteiger partial charge < -0.3 is 14.2 Å². The van der Waals surface area contributed by atoms with Gasteiger partial charge in [-0.2, -0.15) is 0 Å². The lowest BCUT2D eigenvalue weighted by atomic mass is 9.97. The predicted molar refractivity (Wildman–Crippen MR) is 137 cm³/mol. The molecule has 5 nitrogen and oxygen atoms in total. The number of carbonyl (C=O) groups excluding carboxylic acids is 2. The van der Waals surface area contributed by atoms with E-state index in [1.54, 1.807) is 57.2 Å². The van der Waals surface area contributed by atoms with Gasteiger partial charge in [0.05, 0.1) is 24.2 Å². The van der Waals surface area contributed by atoms with Crippen LogP contribution in [0, 0.1) is 5.41 Å². The number of aryl methyl sites for hydroxylation is 1. The first kappa shape index (κ1) is 27.2. The highest BCUT2D eigenvalue weighted by atomic mass is 16.5. The fourth-order valence-electron chi connectivity index (χ4n) is 3.17. The van der Waals surface area contributed by atoms with Crippen molar-refractivity contribution in [2.75, 3.05) is 13.2 Å². The molecule has 0 unspecified atom stereocenters. The van der Waals surface area contributed by atoms with Crippen LogP contribution in [-0.4, -0.2) is 25.0 Å². The Bertz CT molecular complexity index is 981. The van der Waals surface area contributed by atoms with Crippen LogP contribution in [-0.2, 0) is 11.2 Å². The second-order valence-corrected chi connectivity index (χ2v) is 9.27. The average Bonchev–Trinajstić information content (AvgIpc) is 2.81. The van der Waals surface area contributed by atoms with Gasteiger partial charge in [-0.1, -0.05) is 33.3 Å². The van der Waals surface area contributed by atoms with Gasteiger partial charge in [0, 0.05) is 5.56 Å². The van der Waals surface area contributed by atoms with Crippen molar-refractivity contribution < 1.29 is 23.8 Å². The maximum Gasteiger partial charge on any atom is 0.316 e. The van der Waals surface area contributed by atoms with Crippen LogP contribution in [0.15, 0.2) is 42.5 Å². The van der Waals surface area contributed by atoms with Crippen LogP contribution in [0.4, 0.5) is 0 Å². The largest absolute Gasteiger partial charge is 0.493 e. The number of benzene rings is 2. The van der Waals surface area contributed by atoms with Crippen LogP contribution in [0.25, 0.3) is 6.08 Å². The third-order valence-electron chi connectivity index (χ3n) is 5.03. The molecular formula is C29H38O5. The van der Waals surface area contributed by atoms with E-state index in [9.17, 15) is 9.59 Å². The lowest BCUT2D eigenvalue weighted by molar-refractivity contribution is -0.143. The topological polar surface area (TPSA) is 61.8 Å². The SMILES string of the molecule is CCCOc1ccc(CCC)c(OCCC)c1C=CC(=O)c1ccc(OC(=O)C(C)(C)C)cc1. The molecule has 0 radical (unpaired) electrons. The number of esters is 1. The van der Waals surface area contributed by atoms with Crippen molar-refractivity contribution >= 4 is 17.8 Å². The van der Waals surface area contributed by atoms with Crippen LogP contribution in [0.3, 0.4) is 0 Å². The molecule has 0 aliphatic carbocycles. The van der Waals surface area contributed by atoms with Gasteiger partial charge in [-0.15, -0.1) is 0 Å². The number of rotatable bonds is 12. The van der Waals surface area contributed by atoms with Crippen LogP contribution in [0.2, 0.25) is 0 Å². The second kappa shape index (κ2) is 13.0. The maximum atomic E-state index is 12.9. The summed E-state index contributed by atoms with van der Waals surface area (Å²) in [6.07, 6.45) is 6.97. The monoisotopic (exact) mass is 466 g/mol. The molecule has 34 heavy (non-hydrogen) atoms. The Hall–Kier alpha value is -3.08. The Balaban J connectivity index is 2.31. The highest BCUT2D eigenvalue weighted by molar-refractivity contribution is 6.07. The van der Waals surface area contributed by atoms with Gasteiger partial charge in [-0.3, -0.25) is 9.59 Å². The van der Waals surface area contributed by atoms with E-state index in [1.807, 2.05) is 6.07 Å². The summed E-state index contributed by atoms with van der Waals surface area (Å²) in [5.74, 6) is 1.43. The molecule has 0 saturated heterocycles. The number of allylic oxidation sites excluding steroid dienone is 1. The standard InChI is InChI=1S/C29H38O5/c1-7-10-22-13-18-26(32-19-8-2)24(27(22)33-20-9-3)16-17-25(30)21-11-14-23(15-12-21)34-28(31)29(4,5)6/h11-18H,7-10,19-20H2,1-6H3. The van der Waals surface area contributed by atoms with E-state index in [2.05, 4.69) is 26.8 Å². The fourth-order valence-corrected chi connectivity index (χ4v) is 3.17. The molecule has 0 amide bonds.